The number of hydrogen-bond acceptors (Lipinski definition) is 4. The predicted molar refractivity (Wildman–Crippen MR) is 67.9 cm³/mol. The largest absolute Gasteiger partial charge is 0.245 e. The standard InChI is InChI=1S/C13H16N4/c1-8-6-9(2)15-13(14-8)17-16-12-7-10-4-3-5-11(10)12/h3-4,6,10-11H,5,7H2,1-2H3,(H,14,15,17)/b16-12-. The Morgan fingerprint density at radius 2 is 2.06 bits per heavy atom. The minimum atomic E-state index is 0.601. The Morgan fingerprint density at radius 3 is 2.76 bits per heavy atom. The van der Waals surface area contributed by atoms with Crippen LogP contribution in [0.3, 0.4) is 0 Å². The Morgan fingerprint density at radius 1 is 1.29 bits per heavy atom. The van der Waals surface area contributed by atoms with Gasteiger partial charge in [0.05, 0.1) is 0 Å². The summed E-state index contributed by atoms with van der Waals surface area (Å²) < 4.78 is 0. The molecule has 4 heteroatoms. The molecule has 1 saturated carbocycles. The van der Waals surface area contributed by atoms with E-state index in [9.17, 15) is 0 Å². The molecule has 2 aliphatic carbocycles. The van der Waals surface area contributed by atoms with Crippen molar-refractivity contribution in [1.82, 2.24) is 9.97 Å². The molecule has 1 aromatic rings. The summed E-state index contributed by atoms with van der Waals surface area (Å²) in [6, 6.07) is 1.96. The number of anilines is 1. The minimum Gasteiger partial charge on any atom is -0.245 e. The van der Waals surface area contributed by atoms with E-state index in [4.69, 9.17) is 0 Å². The van der Waals surface area contributed by atoms with Gasteiger partial charge in [0.1, 0.15) is 0 Å². The summed E-state index contributed by atoms with van der Waals surface area (Å²) in [6.45, 7) is 3.93. The van der Waals surface area contributed by atoms with E-state index in [-0.39, 0.29) is 0 Å². The first-order chi connectivity index (χ1) is 8.22. The molecule has 4 nitrogen and oxygen atoms in total. The van der Waals surface area contributed by atoms with Crippen LogP contribution in [0.2, 0.25) is 0 Å². The van der Waals surface area contributed by atoms with Crippen LogP contribution < -0.4 is 5.43 Å². The summed E-state index contributed by atoms with van der Waals surface area (Å²) in [4.78, 5) is 8.61. The lowest BCUT2D eigenvalue weighted by molar-refractivity contribution is 0.466. The van der Waals surface area contributed by atoms with Gasteiger partial charge in [0.2, 0.25) is 5.95 Å². The second-order valence-electron chi connectivity index (χ2n) is 4.83. The Kier molecular flexibility index (Phi) is 2.42. The van der Waals surface area contributed by atoms with Gasteiger partial charge in [-0.15, -0.1) is 0 Å². The van der Waals surface area contributed by atoms with Crippen molar-refractivity contribution in [2.75, 3.05) is 5.43 Å². The van der Waals surface area contributed by atoms with Gasteiger partial charge in [0.15, 0.2) is 0 Å². The molecule has 2 atom stereocenters. The molecule has 2 aliphatic rings. The number of aromatic nitrogens is 2. The molecule has 0 aromatic carbocycles. The predicted octanol–water partition coefficient (Wildman–Crippen LogP) is 2.46. The summed E-state index contributed by atoms with van der Waals surface area (Å²) in [5.74, 6) is 1.97. The molecule has 0 saturated heterocycles. The van der Waals surface area contributed by atoms with Gasteiger partial charge in [0.25, 0.3) is 0 Å². The Bertz CT molecular complexity index is 484. The number of hydrazone groups is 1. The lowest BCUT2D eigenvalue weighted by Crippen LogP contribution is -2.33. The van der Waals surface area contributed by atoms with E-state index in [2.05, 4.69) is 32.6 Å². The van der Waals surface area contributed by atoms with E-state index in [0.29, 0.717) is 11.9 Å². The summed E-state index contributed by atoms with van der Waals surface area (Å²) >= 11 is 0. The van der Waals surface area contributed by atoms with Crippen molar-refractivity contribution in [1.29, 1.82) is 0 Å². The maximum absolute atomic E-state index is 4.43. The molecule has 0 amide bonds. The summed E-state index contributed by atoms with van der Waals surface area (Å²) in [6.07, 6.45) is 6.78. The second-order valence-corrected chi connectivity index (χ2v) is 4.83. The van der Waals surface area contributed by atoms with Crippen molar-refractivity contribution in [3.05, 3.63) is 29.6 Å². The number of nitrogens with one attached hydrogen (secondary N) is 1. The zero-order chi connectivity index (χ0) is 11.8. The maximum atomic E-state index is 4.43. The fourth-order valence-corrected chi connectivity index (χ4v) is 2.56. The van der Waals surface area contributed by atoms with Crippen LogP contribution in [-0.4, -0.2) is 15.7 Å². The van der Waals surface area contributed by atoms with Crippen LogP contribution in [0, 0.1) is 25.7 Å². The highest BCUT2D eigenvalue weighted by Crippen LogP contribution is 2.40. The minimum absolute atomic E-state index is 0.601. The topological polar surface area (TPSA) is 50.2 Å². The molecule has 0 aliphatic heterocycles. The Balaban J connectivity index is 1.70. The zero-order valence-corrected chi connectivity index (χ0v) is 10.1. The molecule has 0 spiro atoms. The highest BCUT2D eigenvalue weighted by Gasteiger charge is 2.37. The van der Waals surface area contributed by atoms with Gasteiger partial charge in [-0.1, -0.05) is 12.2 Å². The van der Waals surface area contributed by atoms with Crippen molar-refractivity contribution >= 4 is 11.7 Å². The van der Waals surface area contributed by atoms with Gasteiger partial charge in [0, 0.05) is 23.0 Å². The number of hydrogen-bond donors (Lipinski definition) is 1. The molecule has 0 bridgehead atoms. The van der Waals surface area contributed by atoms with Crippen molar-refractivity contribution in [3.8, 4) is 0 Å². The highest BCUT2D eigenvalue weighted by atomic mass is 15.4. The van der Waals surface area contributed by atoms with E-state index in [1.807, 2.05) is 19.9 Å². The van der Waals surface area contributed by atoms with Gasteiger partial charge < -0.3 is 0 Å². The highest BCUT2D eigenvalue weighted by molar-refractivity contribution is 5.94. The quantitative estimate of drug-likeness (QED) is 0.625. The van der Waals surface area contributed by atoms with Crippen LogP contribution in [0.15, 0.2) is 23.3 Å². The molecule has 17 heavy (non-hydrogen) atoms. The number of nitrogens with zero attached hydrogens (tertiary/aromatic N) is 3. The maximum Gasteiger partial charge on any atom is 0.243 e. The van der Waals surface area contributed by atoms with Gasteiger partial charge in [-0.3, -0.25) is 0 Å². The monoisotopic (exact) mass is 228 g/mol. The smallest absolute Gasteiger partial charge is 0.243 e. The molecule has 0 radical (unpaired) electrons. The molecule has 1 aromatic heterocycles. The zero-order valence-electron chi connectivity index (χ0n) is 10.1. The van der Waals surface area contributed by atoms with Crippen LogP contribution in [0.5, 0.6) is 0 Å². The van der Waals surface area contributed by atoms with Crippen molar-refractivity contribution < 1.29 is 0 Å². The fourth-order valence-electron chi connectivity index (χ4n) is 2.56. The fraction of sp³-hybridized carbons (Fsp3) is 0.462. The summed E-state index contributed by atoms with van der Waals surface area (Å²) in [7, 11) is 0. The first-order valence-corrected chi connectivity index (χ1v) is 6.04. The number of fused-ring (bicyclic) bond motifs is 1. The lowest BCUT2D eigenvalue weighted by atomic mass is 9.74. The van der Waals surface area contributed by atoms with E-state index < -0.39 is 0 Å². The Hall–Kier alpha value is -1.71. The van der Waals surface area contributed by atoms with Crippen LogP contribution in [-0.2, 0) is 0 Å². The number of allylic oxidation sites excluding steroid dienone is 2. The van der Waals surface area contributed by atoms with Crippen molar-refractivity contribution in [2.45, 2.75) is 26.7 Å². The molecule has 3 rings (SSSR count). The average Bonchev–Trinajstić information content (AvgIpc) is 2.59. The van der Waals surface area contributed by atoms with Crippen LogP contribution >= 0.6 is 0 Å². The first-order valence-electron chi connectivity index (χ1n) is 6.04. The van der Waals surface area contributed by atoms with Gasteiger partial charge >= 0.3 is 0 Å². The normalized spacial score (nSPS) is 28.0. The second kappa shape index (κ2) is 3.95. The molecule has 1 N–H and O–H groups in total. The van der Waals surface area contributed by atoms with Crippen molar-refractivity contribution in [2.24, 2.45) is 16.9 Å². The van der Waals surface area contributed by atoms with Gasteiger partial charge in [-0.05, 0) is 38.7 Å². The van der Waals surface area contributed by atoms with Crippen LogP contribution in [0.1, 0.15) is 24.2 Å². The molecule has 2 unspecified atom stereocenters. The summed E-state index contributed by atoms with van der Waals surface area (Å²) in [5.41, 5.74) is 6.17. The number of aryl methyl sites for hydroxylation is 2. The molecule has 1 fully saturated rings. The van der Waals surface area contributed by atoms with E-state index in [0.717, 1.165) is 30.1 Å². The van der Waals surface area contributed by atoms with E-state index in [1.165, 1.54) is 5.71 Å². The lowest BCUT2D eigenvalue weighted by Gasteiger charge is -2.31. The first kappa shape index (κ1) is 10.4. The molecular formula is C13H16N4. The number of rotatable bonds is 2. The van der Waals surface area contributed by atoms with E-state index in [1.54, 1.807) is 0 Å². The average molecular weight is 228 g/mol. The molecule has 88 valence electrons. The van der Waals surface area contributed by atoms with Crippen LogP contribution in [0.4, 0.5) is 5.95 Å². The Labute approximate surface area is 101 Å². The van der Waals surface area contributed by atoms with Gasteiger partial charge in [-0.25, -0.2) is 15.4 Å². The third kappa shape index (κ3) is 1.95. The van der Waals surface area contributed by atoms with E-state index >= 15 is 0 Å². The SMILES string of the molecule is Cc1cc(C)nc(N/N=C2/CC3C=CCC23)n1. The van der Waals surface area contributed by atoms with Crippen molar-refractivity contribution in [3.63, 3.8) is 0 Å². The summed E-state index contributed by atoms with van der Waals surface area (Å²) in [5, 5.41) is 4.43. The molecule has 1 heterocycles. The molecular weight excluding hydrogens is 212 g/mol. The third-order valence-corrected chi connectivity index (χ3v) is 3.44. The van der Waals surface area contributed by atoms with Crippen LogP contribution in [0.25, 0.3) is 0 Å². The van der Waals surface area contributed by atoms with Gasteiger partial charge in [-0.2, -0.15) is 5.10 Å². The third-order valence-electron chi connectivity index (χ3n) is 3.44.